The van der Waals surface area contributed by atoms with Gasteiger partial charge in [0.1, 0.15) is 5.60 Å². The Kier molecular flexibility index (Phi) is 4.15. The van der Waals surface area contributed by atoms with Crippen LogP contribution in [0.3, 0.4) is 0 Å². The summed E-state index contributed by atoms with van der Waals surface area (Å²) >= 11 is 1.49. The molecule has 1 aromatic rings. The van der Waals surface area contributed by atoms with E-state index in [0.717, 1.165) is 15.6 Å². The lowest BCUT2D eigenvalue weighted by molar-refractivity contribution is 0.0225. The van der Waals surface area contributed by atoms with Crippen LogP contribution in [0.5, 0.6) is 0 Å². The summed E-state index contributed by atoms with van der Waals surface area (Å²) in [5, 5.41) is 4.30. The quantitative estimate of drug-likeness (QED) is 0.476. The first-order valence-electron chi connectivity index (χ1n) is 6.35. The predicted molar refractivity (Wildman–Crippen MR) is 75.3 cm³/mol. The van der Waals surface area contributed by atoms with Crippen molar-refractivity contribution in [2.45, 2.75) is 45.9 Å². The minimum atomic E-state index is -0.488. The Labute approximate surface area is 121 Å². The molecule has 1 aliphatic rings. The number of carbonyl (C=O) groups excluding carboxylic acids is 1. The van der Waals surface area contributed by atoms with Crippen molar-refractivity contribution in [2.75, 3.05) is 6.54 Å². The molecular formula is C12H17N5O2S. The average Bonchev–Trinajstić information content (AvgIpc) is 2.75. The lowest BCUT2D eigenvalue weighted by Gasteiger charge is -2.29. The smallest absolute Gasteiger partial charge is 0.410 e. The van der Waals surface area contributed by atoms with E-state index in [2.05, 4.69) is 15.0 Å². The first-order valence-corrected chi connectivity index (χ1v) is 7.17. The molecule has 8 heteroatoms. The van der Waals surface area contributed by atoms with Crippen LogP contribution in [0, 0.1) is 0 Å². The molecule has 1 aliphatic heterocycles. The van der Waals surface area contributed by atoms with Crippen molar-refractivity contribution in [2.24, 2.45) is 5.11 Å². The van der Waals surface area contributed by atoms with Crippen molar-refractivity contribution in [1.82, 2.24) is 9.88 Å². The highest BCUT2D eigenvalue weighted by Gasteiger charge is 2.27. The van der Waals surface area contributed by atoms with Crippen LogP contribution in [-0.2, 0) is 24.2 Å². The van der Waals surface area contributed by atoms with Gasteiger partial charge in [-0.25, -0.2) is 9.78 Å². The second-order valence-corrected chi connectivity index (χ2v) is 6.69. The van der Waals surface area contributed by atoms with Crippen molar-refractivity contribution in [1.29, 1.82) is 0 Å². The highest BCUT2D eigenvalue weighted by atomic mass is 32.1. The fourth-order valence-corrected chi connectivity index (χ4v) is 2.94. The number of fused-ring (bicyclic) bond motifs is 1. The van der Waals surface area contributed by atoms with Crippen molar-refractivity contribution >= 4 is 17.4 Å². The number of ether oxygens (including phenoxy) is 1. The van der Waals surface area contributed by atoms with Crippen LogP contribution in [0.2, 0.25) is 0 Å². The standard InChI is InChI=1S/C12H17N5O2S/c1-12(2,3)19-11(18)17-5-4-8-9(7-17)20-10(15-8)6-14-16-13/h4-7H2,1-3H3. The largest absolute Gasteiger partial charge is 0.444 e. The molecule has 0 atom stereocenters. The Bertz CT molecular complexity index is 557. The maximum atomic E-state index is 12.0. The van der Waals surface area contributed by atoms with E-state index in [0.29, 0.717) is 19.5 Å². The molecule has 0 N–H and O–H groups in total. The zero-order valence-corrected chi connectivity index (χ0v) is 12.6. The molecule has 0 unspecified atom stereocenters. The third-order valence-electron chi connectivity index (χ3n) is 2.70. The molecule has 0 saturated carbocycles. The molecule has 0 bridgehead atoms. The number of rotatable bonds is 2. The number of azide groups is 1. The van der Waals surface area contributed by atoms with E-state index in [-0.39, 0.29) is 12.6 Å². The van der Waals surface area contributed by atoms with Crippen LogP contribution < -0.4 is 0 Å². The molecule has 2 rings (SSSR count). The topological polar surface area (TPSA) is 91.2 Å². The molecule has 20 heavy (non-hydrogen) atoms. The Morgan fingerprint density at radius 1 is 1.60 bits per heavy atom. The normalized spacial score (nSPS) is 14.4. The van der Waals surface area contributed by atoms with E-state index in [1.165, 1.54) is 11.3 Å². The van der Waals surface area contributed by atoms with Gasteiger partial charge in [0, 0.05) is 22.8 Å². The Hall–Kier alpha value is -1.79. The number of hydrogen-bond acceptors (Lipinski definition) is 5. The van der Waals surface area contributed by atoms with Gasteiger partial charge in [0.25, 0.3) is 0 Å². The van der Waals surface area contributed by atoms with Crippen LogP contribution in [-0.4, -0.2) is 28.1 Å². The number of nitrogens with zero attached hydrogens (tertiary/aromatic N) is 5. The summed E-state index contributed by atoms with van der Waals surface area (Å²) in [4.78, 5) is 21.9. The maximum Gasteiger partial charge on any atom is 0.410 e. The molecule has 1 aromatic heterocycles. The Morgan fingerprint density at radius 3 is 3.00 bits per heavy atom. The SMILES string of the molecule is CC(C)(C)OC(=O)N1CCc2nc(CN=[N+]=[N-])sc2C1. The van der Waals surface area contributed by atoms with E-state index in [1.807, 2.05) is 20.8 Å². The van der Waals surface area contributed by atoms with E-state index in [4.69, 9.17) is 10.3 Å². The zero-order chi connectivity index (χ0) is 14.8. The zero-order valence-electron chi connectivity index (χ0n) is 11.8. The third-order valence-corrected chi connectivity index (χ3v) is 3.76. The summed E-state index contributed by atoms with van der Waals surface area (Å²) in [7, 11) is 0. The number of thiazole rings is 1. The monoisotopic (exact) mass is 295 g/mol. The number of amides is 1. The Morgan fingerprint density at radius 2 is 2.35 bits per heavy atom. The predicted octanol–water partition coefficient (Wildman–Crippen LogP) is 3.25. The van der Waals surface area contributed by atoms with Gasteiger partial charge in [0.15, 0.2) is 0 Å². The molecular weight excluding hydrogens is 278 g/mol. The molecule has 0 fully saturated rings. The van der Waals surface area contributed by atoms with Gasteiger partial charge in [-0.15, -0.1) is 11.3 Å². The van der Waals surface area contributed by atoms with Gasteiger partial charge in [-0.1, -0.05) is 5.11 Å². The second kappa shape index (κ2) is 5.68. The summed E-state index contributed by atoms with van der Waals surface area (Å²) in [6, 6.07) is 0. The lowest BCUT2D eigenvalue weighted by Crippen LogP contribution is -2.39. The summed E-state index contributed by atoms with van der Waals surface area (Å²) in [5.74, 6) is 0. The van der Waals surface area contributed by atoms with E-state index in [9.17, 15) is 4.79 Å². The summed E-state index contributed by atoms with van der Waals surface area (Å²) in [6.45, 7) is 6.94. The fraction of sp³-hybridized carbons (Fsp3) is 0.667. The van der Waals surface area contributed by atoms with Gasteiger partial charge in [-0.05, 0) is 26.3 Å². The van der Waals surface area contributed by atoms with Crippen LogP contribution in [0.4, 0.5) is 4.79 Å². The fourth-order valence-electron chi connectivity index (χ4n) is 1.89. The van der Waals surface area contributed by atoms with Crippen LogP contribution in [0.1, 0.15) is 36.3 Å². The minimum Gasteiger partial charge on any atom is -0.444 e. The molecule has 2 heterocycles. The maximum absolute atomic E-state index is 12.0. The van der Waals surface area contributed by atoms with E-state index < -0.39 is 5.60 Å². The minimum absolute atomic E-state index is 0.264. The molecule has 0 radical (unpaired) electrons. The van der Waals surface area contributed by atoms with Crippen molar-refractivity contribution in [3.8, 4) is 0 Å². The van der Waals surface area contributed by atoms with Crippen LogP contribution in [0.25, 0.3) is 10.4 Å². The van der Waals surface area contributed by atoms with Crippen molar-refractivity contribution in [3.63, 3.8) is 0 Å². The van der Waals surface area contributed by atoms with Gasteiger partial charge in [-0.3, -0.25) is 0 Å². The van der Waals surface area contributed by atoms with Crippen molar-refractivity contribution < 1.29 is 9.53 Å². The molecule has 108 valence electrons. The highest BCUT2D eigenvalue weighted by Crippen LogP contribution is 2.26. The molecule has 7 nitrogen and oxygen atoms in total. The van der Waals surface area contributed by atoms with E-state index >= 15 is 0 Å². The summed E-state index contributed by atoms with van der Waals surface area (Å²) < 4.78 is 5.37. The third kappa shape index (κ3) is 3.61. The van der Waals surface area contributed by atoms with Gasteiger partial charge >= 0.3 is 6.09 Å². The van der Waals surface area contributed by atoms with E-state index in [1.54, 1.807) is 4.90 Å². The van der Waals surface area contributed by atoms with Gasteiger partial charge in [-0.2, -0.15) is 0 Å². The van der Waals surface area contributed by atoms with Crippen molar-refractivity contribution in [3.05, 3.63) is 26.0 Å². The summed E-state index contributed by atoms with van der Waals surface area (Å²) in [5.41, 5.74) is 8.83. The van der Waals surface area contributed by atoms with Gasteiger partial charge < -0.3 is 9.64 Å². The molecule has 0 aromatic carbocycles. The average molecular weight is 295 g/mol. The van der Waals surface area contributed by atoms with Crippen LogP contribution >= 0.6 is 11.3 Å². The number of carbonyl (C=O) groups is 1. The second-order valence-electron chi connectivity index (χ2n) is 5.52. The first-order chi connectivity index (χ1) is 9.39. The molecule has 0 saturated heterocycles. The Balaban J connectivity index is 2.05. The lowest BCUT2D eigenvalue weighted by atomic mass is 10.2. The summed E-state index contributed by atoms with van der Waals surface area (Å²) in [6.07, 6.45) is 0.412. The van der Waals surface area contributed by atoms with Gasteiger partial charge in [0.2, 0.25) is 0 Å². The van der Waals surface area contributed by atoms with Crippen LogP contribution in [0.15, 0.2) is 5.11 Å². The molecule has 0 aliphatic carbocycles. The molecule has 0 spiro atoms. The molecule has 1 amide bonds. The highest BCUT2D eigenvalue weighted by molar-refractivity contribution is 7.11. The number of hydrogen-bond donors (Lipinski definition) is 0. The first kappa shape index (κ1) is 14.6. The number of aromatic nitrogens is 1. The van der Waals surface area contributed by atoms with Gasteiger partial charge in [0.05, 0.1) is 23.8 Å².